The van der Waals surface area contributed by atoms with Crippen LogP contribution in [0.2, 0.25) is 0 Å². The highest BCUT2D eigenvalue weighted by Crippen LogP contribution is 2.21. The first-order chi connectivity index (χ1) is 8.63. The Morgan fingerprint density at radius 2 is 2.33 bits per heavy atom. The maximum absolute atomic E-state index is 5.37. The predicted octanol–water partition coefficient (Wildman–Crippen LogP) is 4.27. The van der Waals surface area contributed by atoms with E-state index in [-0.39, 0.29) is 0 Å². The van der Waals surface area contributed by atoms with Gasteiger partial charge in [0.15, 0.2) is 4.77 Å². The van der Waals surface area contributed by atoms with Gasteiger partial charge in [0, 0.05) is 15.5 Å². The Morgan fingerprint density at radius 3 is 3.06 bits per heavy atom. The van der Waals surface area contributed by atoms with Crippen molar-refractivity contribution in [2.45, 2.75) is 13.5 Å². The summed E-state index contributed by atoms with van der Waals surface area (Å²) < 4.78 is 3.86. The van der Waals surface area contributed by atoms with E-state index < -0.39 is 0 Å². The molecular weight excluding hydrogens is 330 g/mol. The zero-order valence-corrected chi connectivity index (χ0v) is 12.8. The molecule has 0 aliphatic rings. The summed E-state index contributed by atoms with van der Waals surface area (Å²) in [6, 6.07) is 6.12. The second-order valence-corrected chi connectivity index (χ2v) is 6.66. The number of aromatic nitrogens is 3. The molecule has 2 aromatic heterocycles. The summed E-state index contributed by atoms with van der Waals surface area (Å²) in [5.74, 6) is 0. The van der Waals surface area contributed by atoms with E-state index >= 15 is 0 Å². The van der Waals surface area contributed by atoms with Crippen LogP contribution in [0.3, 0.4) is 0 Å². The lowest BCUT2D eigenvalue weighted by Crippen LogP contribution is -1.98. The molecule has 0 aliphatic heterocycles. The number of aryl methyl sites for hydroxylation is 1. The molecule has 0 saturated carbocycles. The molecule has 0 amide bonds. The molecule has 0 saturated heterocycles. The number of H-pyrrole nitrogens is 1. The van der Waals surface area contributed by atoms with Crippen LogP contribution in [-0.2, 0) is 6.54 Å². The standard InChI is InChI=1S/C12H10BrN3S2/c1-7-5-14-11(18-7)6-16-10-3-2-8(13)4-9(10)15-12(16)17/h2-5H,6H2,1H3,(H,15,17). The number of hydrogen-bond donors (Lipinski definition) is 1. The van der Waals surface area contributed by atoms with Gasteiger partial charge < -0.3 is 9.55 Å². The minimum Gasteiger partial charge on any atom is -0.331 e. The lowest BCUT2D eigenvalue weighted by Gasteiger charge is -2.01. The van der Waals surface area contributed by atoms with Crippen molar-refractivity contribution in [2.24, 2.45) is 0 Å². The van der Waals surface area contributed by atoms with Crippen molar-refractivity contribution in [2.75, 3.05) is 0 Å². The van der Waals surface area contributed by atoms with Crippen LogP contribution in [0.15, 0.2) is 28.9 Å². The summed E-state index contributed by atoms with van der Waals surface area (Å²) in [7, 11) is 0. The summed E-state index contributed by atoms with van der Waals surface area (Å²) in [6.45, 7) is 2.78. The summed E-state index contributed by atoms with van der Waals surface area (Å²) in [5.41, 5.74) is 2.15. The third-order valence-corrected chi connectivity index (χ3v) is 4.41. The zero-order chi connectivity index (χ0) is 12.7. The van der Waals surface area contributed by atoms with Gasteiger partial charge in [0.25, 0.3) is 0 Å². The number of fused-ring (bicyclic) bond motifs is 1. The molecule has 0 atom stereocenters. The maximum Gasteiger partial charge on any atom is 0.178 e. The number of nitrogens with one attached hydrogen (secondary N) is 1. The van der Waals surface area contributed by atoms with Gasteiger partial charge >= 0.3 is 0 Å². The molecule has 1 N–H and O–H groups in total. The van der Waals surface area contributed by atoms with Crippen molar-refractivity contribution >= 4 is 50.5 Å². The van der Waals surface area contributed by atoms with Gasteiger partial charge in [-0.05, 0) is 37.3 Å². The summed E-state index contributed by atoms with van der Waals surface area (Å²) in [5, 5.41) is 1.08. The second kappa shape index (κ2) is 4.60. The first-order valence-corrected chi connectivity index (χ1v) is 7.44. The Morgan fingerprint density at radius 1 is 1.50 bits per heavy atom. The SMILES string of the molecule is Cc1cnc(Cn2c(=S)[nH]c3cc(Br)ccc32)s1. The number of halogens is 1. The molecule has 0 bridgehead atoms. The first kappa shape index (κ1) is 12.1. The fourth-order valence-electron chi connectivity index (χ4n) is 1.90. The quantitative estimate of drug-likeness (QED) is 0.707. The molecule has 0 spiro atoms. The van der Waals surface area contributed by atoms with Gasteiger partial charge in [-0.25, -0.2) is 4.98 Å². The third kappa shape index (κ3) is 2.15. The van der Waals surface area contributed by atoms with Crippen LogP contribution in [0, 0.1) is 11.7 Å². The number of rotatable bonds is 2. The number of imidazole rings is 1. The highest BCUT2D eigenvalue weighted by Gasteiger charge is 2.07. The molecule has 0 fully saturated rings. The lowest BCUT2D eigenvalue weighted by molar-refractivity contribution is 0.803. The van der Waals surface area contributed by atoms with Gasteiger partial charge in [-0.3, -0.25) is 0 Å². The highest BCUT2D eigenvalue weighted by molar-refractivity contribution is 9.10. The number of aromatic amines is 1. The van der Waals surface area contributed by atoms with Crippen LogP contribution in [0.1, 0.15) is 9.88 Å². The van der Waals surface area contributed by atoms with Crippen LogP contribution in [0.5, 0.6) is 0 Å². The largest absolute Gasteiger partial charge is 0.331 e. The van der Waals surface area contributed by atoms with Crippen LogP contribution in [-0.4, -0.2) is 14.5 Å². The molecule has 0 aliphatic carbocycles. The lowest BCUT2D eigenvalue weighted by atomic mass is 10.3. The molecule has 3 aromatic rings. The van der Waals surface area contributed by atoms with Crippen molar-refractivity contribution in [3.8, 4) is 0 Å². The Labute approximate surface area is 122 Å². The average Bonchev–Trinajstić information content (AvgIpc) is 2.84. The van der Waals surface area contributed by atoms with E-state index in [9.17, 15) is 0 Å². The molecule has 2 heterocycles. The van der Waals surface area contributed by atoms with Gasteiger partial charge in [0.05, 0.1) is 17.6 Å². The summed E-state index contributed by atoms with van der Waals surface area (Å²) >= 11 is 10.5. The van der Waals surface area contributed by atoms with Gasteiger partial charge in [-0.1, -0.05) is 15.9 Å². The topological polar surface area (TPSA) is 33.6 Å². The minimum atomic E-state index is 0.721. The molecule has 1 aromatic carbocycles. The maximum atomic E-state index is 5.37. The number of thiazole rings is 1. The molecule has 0 unspecified atom stereocenters. The van der Waals surface area contributed by atoms with E-state index in [1.165, 1.54) is 4.88 Å². The Balaban J connectivity index is 2.11. The van der Waals surface area contributed by atoms with E-state index in [2.05, 4.69) is 43.5 Å². The van der Waals surface area contributed by atoms with Crippen LogP contribution in [0.4, 0.5) is 0 Å². The summed E-state index contributed by atoms with van der Waals surface area (Å²) in [6.07, 6.45) is 1.90. The Kier molecular flexibility index (Phi) is 3.09. The van der Waals surface area contributed by atoms with Crippen LogP contribution in [0.25, 0.3) is 11.0 Å². The number of nitrogens with zero attached hydrogens (tertiary/aromatic N) is 2. The van der Waals surface area contributed by atoms with Crippen LogP contribution < -0.4 is 0 Å². The van der Waals surface area contributed by atoms with Crippen LogP contribution >= 0.6 is 39.5 Å². The van der Waals surface area contributed by atoms with Crippen molar-refractivity contribution in [1.82, 2.24) is 14.5 Å². The van der Waals surface area contributed by atoms with Crippen molar-refractivity contribution in [1.29, 1.82) is 0 Å². The monoisotopic (exact) mass is 339 g/mol. The zero-order valence-electron chi connectivity index (χ0n) is 9.61. The molecule has 3 rings (SSSR count). The predicted molar refractivity (Wildman–Crippen MR) is 80.8 cm³/mol. The fraction of sp³-hybridized carbons (Fsp3) is 0.167. The van der Waals surface area contributed by atoms with E-state index in [0.29, 0.717) is 0 Å². The summed E-state index contributed by atoms with van der Waals surface area (Å²) in [4.78, 5) is 8.83. The van der Waals surface area contributed by atoms with E-state index in [4.69, 9.17) is 12.2 Å². The van der Waals surface area contributed by atoms with Gasteiger partial charge in [0.2, 0.25) is 0 Å². The Hall–Kier alpha value is -0.980. The number of benzene rings is 1. The molecule has 3 nitrogen and oxygen atoms in total. The average molecular weight is 340 g/mol. The molecule has 92 valence electrons. The van der Waals surface area contributed by atoms with Gasteiger partial charge in [0.1, 0.15) is 5.01 Å². The normalized spacial score (nSPS) is 11.2. The second-order valence-electron chi connectivity index (χ2n) is 4.04. The molecule has 18 heavy (non-hydrogen) atoms. The fourth-order valence-corrected chi connectivity index (χ4v) is 3.31. The Bertz CT molecular complexity index is 769. The first-order valence-electron chi connectivity index (χ1n) is 5.43. The molecule has 6 heteroatoms. The molecule has 0 radical (unpaired) electrons. The van der Waals surface area contributed by atoms with E-state index in [0.717, 1.165) is 31.8 Å². The highest BCUT2D eigenvalue weighted by atomic mass is 79.9. The van der Waals surface area contributed by atoms with Crippen molar-refractivity contribution in [3.63, 3.8) is 0 Å². The van der Waals surface area contributed by atoms with Crippen molar-refractivity contribution in [3.05, 3.63) is 43.5 Å². The third-order valence-electron chi connectivity index (χ3n) is 2.70. The minimum absolute atomic E-state index is 0.721. The van der Waals surface area contributed by atoms with Gasteiger partial charge in [-0.2, -0.15) is 0 Å². The van der Waals surface area contributed by atoms with Gasteiger partial charge in [-0.15, -0.1) is 11.3 Å². The molecular formula is C12H10BrN3S2. The van der Waals surface area contributed by atoms with Crippen molar-refractivity contribution < 1.29 is 0 Å². The van der Waals surface area contributed by atoms with E-state index in [1.807, 2.05) is 18.3 Å². The smallest absolute Gasteiger partial charge is 0.178 e. The van der Waals surface area contributed by atoms with E-state index in [1.54, 1.807) is 11.3 Å². The number of hydrogen-bond acceptors (Lipinski definition) is 3.